The quantitative estimate of drug-likeness (QED) is 0.678. The third-order valence-electron chi connectivity index (χ3n) is 2.61. The molecule has 5 nitrogen and oxygen atoms in total. The minimum absolute atomic E-state index is 0.472. The summed E-state index contributed by atoms with van der Waals surface area (Å²) in [7, 11) is 1.84. The van der Waals surface area contributed by atoms with Crippen LogP contribution in [0.1, 0.15) is 26.1 Å². The van der Waals surface area contributed by atoms with Crippen molar-refractivity contribution in [2.75, 3.05) is 36.2 Å². The molecule has 1 aromatic rings. The highest BCUT2D eigenvalue weighted by Gasteiger charge is 2.19. The maximum absolute atomic E-state index is 10.1. The van der Waals surface area contributed by atoms with Crippen molar-refractivity contribution in [2.24, 2.45) is 0 Å². The number of thioether (sulfide) groups is 1. The van der Waals surface area contributed by atoms with Crippen molar-refractivity contribution in [1.82, 2.24) is 9.97 Å². The third-order valence-corrected chi connectivity index (χ3v) is 3.52. The molecule has 0 radical (unpaired) electrons. The summed E-state index contributed by atoms with van der Waals surface area (Å²) < 4.78 is 0. The lowest BCUT2D eigenvalue weighted by atomic mass is 10.1. The minimum atomic E-state index is -0.741. The van der Waals surface area contributed by atoms with Gasteiger partial charge >= 0.3 is 0 Å². The highest BCUT2D eigenvalue weighted by Crippen LogP contribution is 2.15. The lowest BCUT2D eigenvalue weighted by molar-refractivity contribution is 0.0996. The van der Waals surface area contributed by atoms with Crippen LogP contribution >= 0.6 is 11.8 Å². The molecule has 1 rings (SSSR count). The maximum Gasteiger partial charge on any atom is 0.133 e. The van der Waals surface area contributed by atoms with Crippen LogP contribution in [0.3, 0.4) is 0 Å². The first-order valence-electron chi connectivity index (χ1n) is 6.51. The fourth-order valence-corrected chi connectivity index (χ4v) is 2.42. The lowest BCUT2D eigenvalue weighted by Gasteiger charge is -2.23. The van der Waals surface area contributed by atoms with Crippen LogP contribution in [0, 0.1) is 0 Å². The van der Waals surface area contributed by atoms with Gasteiger partial charge in [0.15, 0.2) is 0 Å². The van der Waals surface area contributed by atoms with Crippen LogP contribution in [0.4, 0.5) is 11.6 Å². The van der Waals surface area contributed by atoms with Gasteiger partial charge in [-0.25, -0.2) is 9.97 Å². The number of nitrogens with zero attached hydrogens (tertiary/aromatic N) is 2. The second kappa shape index (κ2) is 7.55. The van der Waals surface area contributed by atoms with E-state index in [4.69, 9.17) is 0 Å². The van der Waals surface area contributed by atoms with Gasteiger partial charge in [0.2, 0.25) is 0 Å². The molecule has 19 heavy (non-hydrogen) atoms. The molecule has 0 aliphatic carbocycles. The van der Waals surface area contributed by atoms with Gasteiger partial charge in [-0.3, -0.25) is 0 Å². The molecular formula is C13H24N4OS. The first kappa shape index (κ1) is 16.0. The van der Waals surface area contributed by atoms with Crippen molar-refractivity contribution in [3.8, 4) is 0 Å². The molecule has 1 atom stereocenters. The van der Waals surface area contributed by atoms with Gasteiger partial charge in [0.1, 0.15) is 17.5 Å². The number of aromatic nitrogens is 2. The zero-order valence-electron chi connectivity index (χ0n) is 12.2. The molecule has 3 N–H and O–H groups in total. The summed E-state index contributed by atoms with van der Waals surface area (Å²) in [6.07, 6.45) is 3.85. The Labute approximate surface area is 119 Å². The van der Waals surface area contributed by atoms with E-state index in [-0.39, 0.29) is 0 Å². The molecule has 0 saturated heterocycles. The average molecular weight is 284 g/mol. The molecule has 6 heteroatoms. The van der Waals surface area contributed by atoms with Crippen LogP contribution in [-0.4, -0.2) is 46.3 Å². The van der Waals surface area contributed by atoms with Crippen LogP contribution in [0.25, 0.3) is 0 Å². The first-order chi connectivity index (χ1) is 9.00. The van der Waals surface area contributed by atoms with Gasteiger partial charge < -0.3 is 15.7 Å². The summed E-state index contributed by atoms with van der Waals surface area (Å²) in [5.74, 6) is 3.06. The second-order valence-corrected chi connectivity index (χ2v) is 5.70. The molecule has 0 bridgehead atoms. The first-order valence-corrected chi connectivity index (χ1v) is 7.91. The van der Waals surface area contributed by atoms with E-state index in [1.165, 1.54) is 0 Å². The van der Waals surface area contributed by atoms with E-state index in [9.17, 15) is 5.11 Å². The number of anilines is 2. The Balaban J connectivity index is 2.74. The Morgan fingerprint density at radius 3 is 2.63 bits per heavy atom. The van der Waals surface area contributed by atoms with Crippen molar-refractivity contribution >= 4 is 23.4 Å². The highest BCUT2D eigenvalue weighted by molar-refractivity contribution is 7.98. The van der Waals surface area contributed by atoms with E-state index in [0.717, 1.165) is 30.3 Å². The molecule has 0 amide bonds. The largest absolute Gasteiger partial charge is 0.387 e. The number of aryl methyl sites for hydroxylation is 1. The molecule has 0 aliphatic rings. The SMILES string of the molecule is CCCc1nc(NC)cc(NCC(C)(O)CSC)n1. The number of aliphatic hydroxyl groups is 1. The Kier molecular flexibility index (Phi) is 6.37. The second-order valence-electron chi connectivity index (χ2n) is 4.84. The molecule has 1 unspecified atom stereocenters. The van der Waals surface area contributed by atoms with E-state index in [1.54, 1.807) is 11.8 Å². The number of nitrogens with one attached hydrogen (secondary N) is 2. The number of hydrogen-bond acceptors (Lipinski definition) is 6. The summed E-state index contributed by atoms with van der Waals surface area (Å²) in [6, 6.07) is 1.86. The summed E-state index contributed by atoms with van der Waals surface area (Å²) in [5.41, 5.74) is -0.741. The third kappa shape index (κ3) is 5.65. The lowest BCUT2D eigenvalue weighted by Crippen LogP contribution is -2.36. The van der Waals surface area contributed by atoms with Gasteiger partial charge in [-0.15, -0.1) is 0 Å². The summed E-state index contributed by atoms with van der Waals surface area (Å²) in [4.78, 5) is 8.85. The average Bonchev–Trinajstić information content (AvgIpc) is 2.36. The van der Waals surface area contributed by atoms with Crippen LogP contribution in [0.15, 0.2) is 6.07 Å². The Morgan fingerprint density at radius 2 is 2.05 bits per heavy atom. The monoisotopic (exact) mass is 284 g/mol. The van der Waals surface area contributed by atoms with E-state index in [0.29, 0.717) is 12.3 Å². The molecule has 0 aromatic carbocycles. The van der Waals surface area contributed by atoms with Gasteiger partial charge in [-0.1, -0.05) is 6.92 Å². The van der Waals surface area contributed by atoms with Gasteiger partial charge in [0.05, 0.1) is 5.60 Å². The number of rotatable bonds is 8. The predicted octanol–water partition coefficient (Wildman–Crippen LogP) is 2.00. The standard InChI is InChI=1S/C13H24N4OS/c1-5-6-10-16-11(14-3)7-12(17-10)15-8-13(2,18)9-19-4/h7,18H,5-6,8-9H2,1-4H3,(H2,14,15,16,17). The zero-order valence-corrected chi connectivity index (χ0v) is 13.0. The molecule has 0 aliphatic heterocycles. The molecule has 1 heterocycles. The summed E-state index contributed by atoms with van der Waals surface area (Å²) >= 11 is 1.63. The molecule has 0 saturated carbocycles. The van der Waals surface area contributed by atoms with Crippen LogP contribution in [0.2, 0.25) is 0 Å². The molecule has 1 aromatic heterocycles. The van der Waals surface area contributed by atoms with Crippen molar-refractivity contribution in [2.45, 2.75) is 32.3 Å². The van der Waals surface area contributed by atoms with Crippen molar-refractivity contribution in [1.29, 1.82) is 0 Å². The Hall–Kier alpha value is -1.01. The normalized spacial score (nSPS) is 13.9. The molecule has 0 fully saturated rings. The highest BCUT2D eigenvalue weighted by atomic mass is 32.2. The molecule has 0 spiro atoms. The number of hydrogen-bond donors (Lipinski definition) is 3. The van der Waals surface area contributed by atoms with Crippen LogP contribution < -0.4 is 10.6 Å². The maximum atomic E-state index is 10.1. The summed E-state index contributed by atoms with van der Waals surface area (Å²) in [6.45, 7) is 4.40. The fourth-order valence-electron chi connectivity index (χ4n) is 1.69. The van der Waals surface area contributed by atoms with E-state index >= 15 is 0 Å². The molecule has 108 valence electrons. The Morgan fingerprint density at radius 1 is 1.37 bits per heavy atom. The van der Waals surface area contributed by atoms with E-state index in [1.807, 2.05) is 26.3 Å². The van der Waals surface area contributed by atoms with E-state index < -0.39 is 5.60 Å². The van der Waals surface area contributed by atoms with Crippen LogP contribution in [0.5, 0.6) is 0 Å². The minimum Gasteiger partial charge on any atom is -0.387 e. The van der Waals surface area contributed by atoms with Crippen LogP contribution in [-0.2, 0) is 6.42 Å². The van der Waals surface area contributed by atoms with Crippen molar-refractivity contribution in [3.05, 3.63) is 11.9 Å². The van der Waals surface area contributed by atoms with Crippen molar-refractivity contribution < 1.29 is 5.11 Å². The van der Waals surface area contributed by atoms with E-state index in [2.05, 4.69) is 27.5 Å². The summed E-state index contributed by atoms with van der Waals surface area (Å²) in [5, 5.41) is 16.4. The molecular weight excluding hydrogens is 260 g/mol. The predicted molar refractivity (Wildman–Crippen MR) is 83.1 cm³/mol. The Bertz CT molecular complexity index is 398. The zero-order chi connectivity index (χ0) is 14.3. The van der Waals surface area contributed by atoms with Gasteiger partial charge in [-0.05, 0) is 19.6 Å². The fraction of sp³-hybridized carbons (Fsp3) is 0.692. The smallest absolute Gasteiger partial charge is 0.133 e. The van der Waals surface area contributed by atoms with Gasteiger partial charge in [0.25, 0.3) is 0 Å². The van der Waals surface area contributed by atoms with Crippen molar-refractivity contribution in [3.63, 3.8) is 0 Å². The van der Waals surface area contributed by atoms with Gasteiger partial charge in [0, 0.05) is 31.8 Å². The van der Waals surface area contributed by atoms with Gasteiger partial charge in [-0.2, -0.15) is 11.8 Å². The topological polar surface area (TPSA) is 70.1 Å².